The Morgan fingerprint density at radius 3 is 3.12 bits per heavy atom. The number of aromatic amines is 1. The highest BCUT2D eigenvalue weighted by Crippen LogP contribution is 2.22. The Balaban J connectivity index is 2.41. The molecule has 2 aromatic rings. The van der Waals surface area contributed by atoms with Crippen molar-refractivity contribution in [2.75, 3.05) is 13.1 Å². The van der Waals surface area contributed by atoms with Gasteiger partial charge in [-0.1, -0.05) is 13.0 Å². The topological polar surface area (TPSA) is 70.9 Å². The highest BCUT2D eigenvalue weighted by Gasteiger charge is 2.14. The zero-order valence-corrected chi connectivity index (χ0v) is 9.84. The van der Waals surface area contributed by atoms with Crippen molar-refractivity contribution in [3.63, 3.8) is 0 Å². The van der Waals surface area contributed by atoms with E-state index in [1.165, 1.54) is 0 Å². The van der Waals surface area contributed by atoms with Gasteiger partial charge < -0.3 is 16.0 Å². The smallest absolute Gasteiger partial charge is 0.265 e. The molecule has 0 saturated carbocycles. The number of nitrogens with one attached hydrogen (secondary N) is 2. The number of hydrogen-bond donors (Lipinski definition) is 3. The van der Waals surface area contributed by atoms with E-state index in [0.717, 1.165) is 36.0 Å². The molecule has 1 heterocycles. The van der Waals surface area contributed by atoms with Crippen LogP contribution in [0.3, 0.4) is 0 Å². The molecule has 0 aliphatic rings. The second-order valence-corrected chi connectivity index (χ2v) is 3.92. The molecule has 1 aromatic heterocycles. The number of benzene rings is 1. The highest BCUT2D eigenvalue weighted by atomic mass is 16.1. The average Bonchev–Trinajstić information content (AvgIpc) is 2.69. The maximum Gasteiger partial charge on any atom is 0.265 e. The van der Waals surface area contributed by atoms with Crippen molar-refractivity contribution in [3.05, 3.63) is 35.5 Å². The number of nitrogens with two attached hydrogens (primary N) is 1. The van der Waals surface area contributed by atoms with Crippen LogP contribution in [0.25, 0.3) is 10.9 Å². The van der Waals surface area contributed by atoms with Crippen LogP contribution in [0, 0.1) is 6.07 Å². The Morgan fingerprint density at radius 1 is 1.59 bits per heavy atom. The van der Waals surface area contributed by atoms with E-state index in [4.69, 9.17) is 5.73 Å². The standard InChI is InChI=1S/C13H16N3O/c1-2-15-8-7-10-9-5-3-4-6-11(9)16-12(10)13(14)17/h4-6,15-16H,2,7-8H2,1H3,(H2,14,17). The van der Waals surface area contributed by atoms with Crippen molar-refractivity contribution in [1.82, 2.24) is 10.3 Å². The van der Waals surface area contributed by atoms with Gasteiger partial charge in [0, 0.05) is 10.9 Å². The molecule has 0 bridgehead atoms. The molecule has 4 heteroatoms. The molecule has 4 N–H and O–H groups in total. The second kappa shape index (κ2) is 5.01. The van der Waals surface area contributed by atoms with Crippen LogP contribution < -0.4 is 11.1 Å². The van der Waals surface area contributed by atoms with Crippen LogP contribution in [0.4, 0.5) is 0 Å². The first kappa shape index (κ1) is 11.7. The summed E-state index contributed by atoms with van der Waals surface area (Å²) in [6, 6.07) is 8.63. The number of fused-ring (bicyclic) bond motifs is 1. The van der Waals surface area contributed by atoms with E-state index in [0.29, 0.717) is 5.69 Å². The van der Waals surface area contributed by atoms with Gasteiger partial charge in [0.15, 0.2) is 0 Å². The minimum Gasteiger partial charge on any atom is -0.364 e. The van der Waals surface area contributed by atoms with Gasteiger partial charge in [0.05, 0.1) is 0 Å². The summed E-state index contributed by atoms with van der Waals surface area (Å²) < 4.78 is 0. The number of carbonyl (C=O) groups is 1. The summed E-state index contributed by atoms with van der Waals surface area (Å²) in [6.07, 6.45) is 0.782. The minimum atomic E-state index is -0.410. The number of rotatable bonds is 5. The van der Waals surface area contributed by atoms with Gasteiger partial charge in [0.1, 0.15) is 5.69 Å². The summed E-state index contributed by atoms with van der Waals surface area (Å²) in [7, 11) is 0. The van der Waals surface area contributed by atoms with Crippen LogP contribution in [0.1, 0.15) is 23.0 Å². The monoisotopic (exact) mass is 230 g/mol. The molecule has 0 unspecified atom stereocenters. The number of amides is 1. The average molecular weight is 230 g/mol. The SMILES string of the molecule is CCNCCc1c(C(N)=O)[nH]c2cc[c]cc12. The predicted molar refractivity (Wildman–Crippen MR) is 67.9 cm³/mol. The number of aromatic nitrogens is 1. The Morgan fingerprint density at radius 2 is 2.41 bits per heavy atom. The van der Waals surface area contributed by atoms with Crippen LogP contribution in [0.2, 0.25) is 0 Å². The lowest BCUT2D eigenvalue weighted by Gasteiger charge is -2.02. The summed E-state index contributed by atoms with van der Waals surface area (Å²) in [5, 5.41) is 4.27. The number of hydrogen-bond acceptors (Lipinski definition) is 2. The molecule has 89 valence electrons. The fourth-order valence-corrected chi connectivity index (χ4v) is 1.99. The van der Waals surface area contributed by atoms with Gasteiger partial charge in [0.2, 0.25) is 0 Å². The van der Waals surface area contributed by atoms with Crippen molar-refractivity contribution in [2.45, 2.75) is 13.3 Å². The molecule has 0 saturated heterocycles. The molecule has 0 atom stereocenters. The van der Waals surface area contributed by atoms with Crippen LogP contribution >= 0.6 is 0 Å². The van der Waals surface area contributed by atoms with E-state index >= 15 is 0 Å². The van der Waals surface area contributed by atoms with E-state index in [9.17, 15) is 4.79 Å². The lowest BCUT2D eigenvalue weighted by atomic mass is 10.1. The van der Waals surface area contributed by atoms with Crippen molar-refractivity contribution in [3.8, 4) is 0 Å². The molecular weight excluding hydrogens is 214 g/mol. The van der Waals surface area contributed by atoms with E-state index in [1.807, 2.05) is 18.2 Å². The largest absolute Gasteiger partial charge is 0.364 e. The van der Waals surface area contributed by atoms with Crippen molar-refractivity contribution < 1.29 is 4.79 Å². The maximum absolute atomic E-state index is 11.4. The number of carbonyl (C=O) groups excluding carboxylic acids is 1. The van der Waals surface area contributed by atoms with Crippen molar-refractivity contribution in [2.24, 2.45) is 5.73 Å². The van der Waals surface area contributed by atoms with E-state index in [2.05, 4.69) is 23.3 Å². The second-order valence-electron chi connectivity index (χ2n) is 3.92. The third kappa shape index (κ3) is 2.31. The van der Waals surface area contributed by atoms with Gasteiger partial charge in [-0.05, 0) is 43.3 Å². The summed E-state index contributed by atoms with van der Waals surface area (Å²) in [4.78, 5) is 14.5. The van der Waals surface area contributed by atoms with Crippen molar-refractivity contribution >= 4 is 16.8 Å². The molecular formula is C13H16N3O. The minimum absolute atomic E-state index is 0.410. The Kier molecular flexibility index (Phi) is 3.44. The third-order valence-electron chi connectivity index (χ3n) is 2.80. The molecule has 0 aliphatic carbocycles. The van der Waals surface area contributed by atoms with Crippen LogP contribution in [-0.2, 0) is 6.42 Å². The summed E-state index contributed by atoms with van der Waals surface area (Å²) in [6.45, 7) is 3.80. The fourth-order valence-electron chi connectivity index (χ4n) is 1.99. The summed E-state index contributed by atoms with van der Waals surface area (Å²) in [5.41, 5.74) is 7.80. The number of primary amides is 1. The van der Waals surface area contributed by atoms with Crippen LogP contribution in [-0.4, -0.2) is 24.0 Å². The van der Waals surface area contributed by atoms with Crippen LogP contribution in [0.15, 0.2) is 18.2 Å². The Labute approximate surface area is 100 Å². The first-order chi connectivity index (χ1) is 8.24. The lowest BCUT2D eigenvalue weighted by molar-refractivity contribution is 0.0995. The first-order valence-electron chi connectivity index (χ1n) is 5.75. The van der Waals surface area contributed by atoms with E-state index in [-0.39, 0.29) is 0 Å². The first-order valence-corrected chi connectivity index (χ1v) is 5.75. The van der Waals surface area contributed by atoms with Crippen molar-refractivity contribution in [1.29, 1.82) is 0 Å². The summed E-state index contributed by atoms with van der Waals surface area (Å²) >= 11 is 0. The molecule has 4 nitrogen and oxygen atoms in total. The number of likely N-dealkylation sites (N-methyl/N-ethyl adjacent to an activating group) is 1. The molecule has 17 heavy (non-hydrogen) atoms. The third-order valence-corrected chi connectivity index (χ3v) is 2.80. The van der Waals surface area contributed by atoms with Gasteiger partial charge in [-0.2, -0.15) is 0 Å². The molecule has 2 rings (SSSR count). The fraction of sp³-hybridized carbons (Fsp3) is 0.308. The van der Waals surface area contributed by atoms with E-state index < -0.39 is 5.91 Å². The molecule has 1 aromatic carbocycles. The van der Waals surface area contributed by atoms with Gasteiger partial charge in [-0.25, -0.2) is 0 Å². The normalized spacial score (nSPS) is 10.9. The zero-order chi connectivity index (χ0) is 12.3. The highest BCUT2D eigenvalue weighted by molar-refractivity contribution is 6.00. The van der Waals surface area contributed by atoms with E-state index in [1.54, 1.807) is 0 Å². The summed E-state index contributed by atoms with van der Waals surface area (Å²) in [5.74, 6) is -0.410. The molecule has 1 radical (unpaired) electrons. The van der Waals surface area contributed by atoms with Gasteiger partial charge in [-0.3, -0.25) is 4.79 Å². The maximum atomic E-state index is 11.4. The molecule has 1 amide bonds. The Bertz CT molecular complexity index is 530. The number of H-pyrrole nitrogens is 1. The van der Waals surface area contributed by atoms with Gasteiger partial charge in [0.25, 0.3) is 5.91 Å². The van der Waals surface area contributed by atoms with Crippen LogP contribution in [0.5, 0.6) is 0 Å². The van der Waals surface area contributed by atoms with Gasteiger partial charge in [-0.15, -0.1) is 0 Å². The Hall–Kier alpha value is -1.81. The predicted octanol–water partition coefficient (Wildman–Crippen LogP) is 1.22. The van der Waals surface area contributed by atoms with Gasteiger partial charge >= 0.3 is 0 Å². The lowest BCUT2D eigenvalue weighted by Crippen LogP contribution is -2.19. The zero-order valence-electron chi connectivity index (χ0n) is 9.84. The quantitative estimate of drug-likeness (QED) is 0.676. The molecule has 0 fully saturated rings. The molecule has 0 spiro atoms. The molecule has 0 aliphatic heterocycles.